The summed E-state index contributed by atoms with van der Waals surface area (Å²) in [5.74, 6) is 0.939. The summed E-state index contributed by atoms with van der Waals surface area (Å²) in [4.78, 5) is 14.8. The highest BCUT2D eigenvalue weighted by Crippen LogP contribution is 2.37. The molecule has 1 amide bonds. The molecule has 0 aromatic heterocycles. The lowest BCUT2D eigenvalue weighted by molar-refractivity contribution is -0.218. The normalized spacial score (nSPS) is 22.9. The maximum atomic E-state index is 12.6. The molecule has 39 heavy (non-hydrogen) atoms. The van der Waals surface area contributed by atoms with Crippen LogP contribution in [0.4, 0.5) is 0 Å². The summed E-state index contributed by atoms with van der Waals surface area (Å²) in [5.41, 5.74) is 3.08. The van der Waals surface area contributed by atoms with Gasteiger partial charge in [-0.15, -0.1) is 11.8 Å². The third-order valence-electron chi connectivity index (χ3n) is 6.67. The highest BCUT2D eigenvalue weighted by atomic mass is 35.5. The third kappa shape index (κ3) is 6.95. The van der Waals surface area contributed by atoms with E-state index in [9.17, 15) is 20.1 Å². The van der Waals surface area contributed by atoms with Gasteiger partial charge in [0.05, 0.1) is 18.3 Å². The summed E-state index contributed by atoms with van der Waals surface area (Å²) in [5, 5.41) is 32.8. The van der Waals surface area contributed by atoms with Gasteiger partial charge in [-0.3, -0.25) is 4.79 Å². The molecule has 7 nitrogen and oxygen atoms in total. The van der Waals surface area contributed by atoms with Crippen LogP contribution in [0.25, 0.3) is 0 Å². The highest BCUT2D eigenvalue weighted by molar-refractivity contribution is 7.99. The van der Waals surface area contributed by atoms with Crippen molar-refractivity contribution in [1.82, 2.24) is 4.90 Å². The van der Waals surface area contributed by atoms with Crippen molar-refractivity contribution in [3.05, 3.63) is 94.0 Å². The Bertz CT molecular complexity index is 1270. The molecule has 0 unspecified atom stereocenters. The molecule has 5 atom stereocenters. The fraction of sp³-hybridized carbons (Fsp3) is 0.367. The van der Waals surface area contributed by atoms with Gasteiger partial charge < -0.3 is 29.7 Å². The number of aliphatic hydroxyl groups excluding tert-OH is 3. The fourth-order valence-electron chi connectivity index (χ4n) is 4.54. The number of nitrogens with zero attached hydrogens (tertiary/aromatic N) is 1. The van der Waals surface area contributed by atoms with Crippen molar-refractivity contribution in [2.24, 2.45) is 0 Å². The minimum atomic E-state index is -1.40. The molecule has 1 saturated heterocycles. The molecule has 3 N–H and O–H groups in total. The average Bonchev–Trinajstić information content (AvgIpc) is 2.93. The Kier molecular flexibility index (Phi) is 9.93. The lowest BCUT2D eigenvalue weighted by Gasteiger charge is -2.41. The Morgan fingerprint density at radius 2 is 1.72 bits per heavy atom. The number of ether oxygens (including phenoxy) is 2. The van der Waals surface area contributed by atoms with Crippen LogP contribution >= 0.6 is 23.4 Å². The van der Waals surface area contributed by atoms with Crippen molar-refractivity contribution in [2.45, 2.75) is 48.8 Å². The summed E-state index contributed by atoms with van der Waals surface area (Å²) in [7, 11) is 3.38. The van der Waals surface area contributed by atoms with Crippen LogP contribution in [0.2, 0.25) is 5.02 Å². The van der Waals surface area contributed by atoms with Gasteiger partial charge in [0.25, 0.3) is 5.91 Å². The largest absolute Gasteiger partial charge is 0.494 e. The van der Waals surface area contributed by atoms with Gasteiger partial charge in [-0.2, -0.15) is 0 Å². The quantitative estimate of drug-likeness (QED) is 0.328. The first-order valence-corrected chi connectivity index (χ1v) is 14.2. The molecular formula is C30H34ClNO6S. The van der Waals surface area contributed by atoms with Crippen LogP contribution in [0.15, 0.2) is 71.6 Å². The molecule has 0 radical (unpaired) electrons. The zero-order chi connectivity index (χ0) is 28.1. The Morgan fingerprint density at radius 3 is 2.41 bits per heavy atom. The van der Waals surface area contributed by atoms with E-state index in [1.807, 2.05) is 49.4 Å². The van der Waals surface area contributed by atoms with E-state index in [-0.39, 0.29) is 11.7 Å². The molecular weight excluding hydrogens is 538 g/mol. The summed E-state index contributed by atoms with van der Waals surface area (Å²) in [6.45, 7) is 2.53. The lowest BCUT2D eigenvalue weighted by Crippen LogP contribution is -2.54. The van der Waals surface area contributed by atoms with Gasteiger partial charge >= 0.3 is 0 Å². The second-order valence-corrected chi connectivity index (χ2v) is 11.1. The smallest absolute Gasteiger partial charge is 0.254 e. The van der Waals surface area contributed by atoms with E-state index in [4.69, 9.17) is 21.1 Å². The Hall–Kier alpha value is -2.59. The zero-order valence-electron chi connectivity index (χ0n) is 22.2. The van der Waals surface area contributed by atoms with Gasteiger partial charge in [0.15, 0.2) is 0 Å². The van der Waals surface area contributed by atoms with Gasteiger partial charge in [0, 0.05) is 29.8 Å². The predicted molar refractivity (Wildman–Crippen MR) is 153 cm³/mol. The van der Waals surface area contributed by atoms with E-state index >= 15 is 0 Å². The number of carbonyl (C=O) groups excluding carboxylic acids is 1. The molecule has 1 heterocycles. The number of carbonyl (C=O) groups is 1. The number of hydrogen-bond donors (Lipinski definition) is 3. The number of hydrogen-bond acceptors (Lipinski definition) is 7. The van der Waals surface area contributed by atoms with Gasteiger partial charge in [-0.25, -0.2) is 0 Å². The number of halogens is 1. The molecule has 0 bridgehead atoms. The summed E-state index contributed by atoms with van der Waals surface area (Å²) in [6, 6.07) is 20.4. The first-order chi connectivity index (χ1) is 18.7. The minimum Gasteiger partial charge on any atom is -0.494 e. The molecule has 0 saturated carbocycles. The molecule has 1 aliphatic rings. The van der Waals surface area contributed by atoms with Crippen LogP contribution < -0.4 is 4.74 Å². The standard InChI is InChI=1S/C30H34ClNO6S/c1-4-37-21-12-9-18(10-13-21)15-20-16-19(11-14-23(20)31)29-28(35)27(34)26(33)24(38-29)17-39-25-8-6-5-7-22(25)30(36)32(2)3/h5-14,16,24,26-29,33-35H,4,15,17H2,1-3H3/t24-,26+,27-,28-,29+/m1/s1. The van der Waals surface area contributed by atoms with Crippen molar-refractivity contribution < 1.29 is 29.6 Å². The molecule has 3 aromatic carbocycles. The van der Waals surface area contributed by atoms with Crippen LogP contribution in [0.5, 0.6) is 5.75 Å². The van der Waals surface area contributed by atoms with E-state index in [1.54, 1.807) is 38.4 Å². The fourth-order valence-corrected chi connectivity index (χ4v) is 5.83. The average molecular weight is 572 g/mol. The second kappa shape index (κ2) is 13.2. The highest BCUT2D eigenvalue weighted by Gasteiger charge is 2.44. The number of amides is 1. The Balaban J connectivity index is 1.52. The summed E-state index contributed by atoms with van der Waals surface area (Å²) >= 11 is 7.87. The zero-order valence-corrected chi connectivity index (χ0v) is 23.7. The molecule has 1 fully saturated rings. The van der Waals surface area contributed by atoms with E-state index in [1.165, 1.54) is 16.7 Å². The third-order valence-corrected chi connectivity index (χ3v) is 8.20. The van der Waals surface area contributed by atoms with Crippen molar-refractivity contribution in [1.29, 1.82) is 0 Å². The SMILES string of the molecule is CCOc1ccc(Cc2cc([C@@H]3O[C@H](CSc4ccccc4C(=O)N(C)C)[C@H](O)[C@@H](O)[C@H]3O)ccc2Cl)cc1. The van der Waals surface area contributed by atoms with E-state index in [0.717, 1.165) is 21.8 Å². The Labute approximate surface area is 238 Å². The lowest BCUT2D eigenvalue weighted by atomic mass is 9.90. The topological polar surface area (TPSA) is 99.5 Å². The first kappa shape index (κ1) is 29.4. The van der Waals surface area contributed by atoms with Crippen molar-refractivity contribution in [3.8, 4) is 5.75 Å². The van der Waals surface area contributed by atoms with E-state index < -0.39 is 30.5 Å². The van der Waals surface area contributed by atoms with Crippen molar-refractivity contribution in [2.75, 3.05) is 26.5 Å². The van der Waals surface area contributed by atoms with Gasteiger partial charge in [-0.1, -0.05) is 48.0 Å². The van der Waals surface area contributed by atoms with Crippen molar-refractivity contribution in [3.63, 3.8) is 0 Å². The van der Waals surface area contributed by atoms with Gasteiger partial charge in [-0.05, 0) is 60.4 Å². The minimum absolute atomic E-state index is 0.127. The Morgan fingerprint density at radius 1 is 1.00 bits per heavy atom. The maximum absolute atomic E-state index is 12.6. The molecule has 1 aliphatic heterocycles. The number of aliphatic hydroxyl groups is 3. The summed E-state index contributed by atoms with van der Waals surface area (Å²) < 4.78 is 11.7. The van der Waals surface area contributed by atoms with Gasteiger partial charge in [0.2, 0.25) is 0 Å². The molecule has 208 valence electrons. The predicted octanol–water partition coefficient (Wildman–Crippen LogP) is 4.35. The number of rotatable bonds is 9. The van der Waals surface area contributed by atoms with E-state index in [2.05, 4.69) is 0 Å². The van der Waals surface area contributed by atoms with Crippen molar-refractivity contribution >= 4 is 29.3 Å². The van der Waals surface area contributed by atoms with Crippen LogP contribution in [0.1, 0.15) is 40.1 Å². The number of benzene rings is 3. The maximum Gasteiger partial charge on any atom is 0.254 e. The first-order valence-electron chi connectivity index (χ1n) is 12.8. The molecule has 9 heteroatoms. The van der Waals surface area contributed by atoms with E-state index in [0.29, 0.717) is 29.2 Å². The molecule has 0 spiro atoms. The van der Waals surface area contributed by atoms with Gasteiger partial charge in [0.1, 0.15) is 30.2 Å². The van der Waals surface area contributed by atoms with Crippen LogP contribution in [-0.2, 0) is 11.2 Å². The monoisotopic (exact) mass is 571 g/mol. The molecule has 3 aromatic rings. The number of thioether (sulfide) groups is 1. The van der Waals surface area contributed by atoms with Crippen LogP contribution in [-0.4, -0.2) is 77.0 Å². The van der Waals surface area contributed by atoms with Crippen LogP contribution in [0, 0.1) is 0 Å². The summed E-state index contributed by atoms with van der Waals surface area (Å²) in [6.07, 6.45) is -5.13. The second-order valence-electron chi connectivity index (χ2n) is 9.68. The molecule has 0 aliphatic carbocycles. The van der Waals surface area contributed by atoms with Crippen LogP contribution in [0.3, 0.4) is 0 Å². The molecule has 4 rings (SSSR count).